The second-order valence-corrected chi connectivity index (χ2v) is 5.05. The average Bonchev–Trinajstić information content (AvgIpc) is 2.99. The molecule has 5 heteroatoms. The van der Waals surface area contributed by atoms with Gasteiger partial charge in [0.2, 0.25) is 0 Å². The third kappa shape index (κ3) is 2.28. The number of furan rings is 1. The molecule has 1 saturated carbocycles. The summed E-state index contributed by atoms with van der Waals surface area (Å²) in [4.78, 5) is 14.6. The first-order chi connectivity index (χ1) is 9.16. The highest BCUT2D eigenvalue weighted by Gasteiger charge is 2.35. The molecule has 1 fully saturated rings. The number of nitrogens with one attached hydrogen (secondary N) is 1. The molecule has 2 aromatic rings. The van der Waals surface area contributed by atoms with Crippen molar-refractivity contribution < 1.29 is 9.21 Å². The van der Waals surface area contributed by atoms with Crippen molar-refractivity contribution in [2.75, 3.05) is 0 Å². The Morgan fingerprint density at radius 2 is 2.32 bits per heavy atom. The maximum atomic E-state index is 12.7. The number of amides is 1. The van der Waals surface area contributed by atoms with E-state index in [1.807, 2.05) is 30.9 Å². The topological polar surface area (TPSA) is 62.1 Å². The lowest BCUT2D eigenvalue weighted by Gasteiger charge is -2.21. The number of carbonyl (C=O) groups excluding carboxylic acids is 1. The van der Waals surface area contributed by atoms with Gasteiger partial charge in [0.15, 0.2) is 0 Å². The van der Waals surface area contributed by atoms with Gasteiger partial charge in [-0.1, -0.05) is 0 Å². The lowest BCUT2D eigenvalue weighted by atomic mass is 10.1. The number of aromatic amines is 1. The van der Waals surface area contributed by atoms with Crippen molar-refractivity contribution in [2.45, 2.75) is 39.3 Å². The number of H-pyrrole nitrogens is 1. The second kappa shape index (κ2) is 4.57. The van der Waals surface area contributed by atoms with E-state index in [1.165, 1.54) is 0 Å². The molecule has 2 heterocycles. The van der Waals surface area contributed by atoms with Crippen LogP contribution in [-0.2, 0) is 6.54 Å². The van der Waals surface area contributed by atoms with Gasteiger partial charge in [0.1, 0.15) is 5.76 Å². The Bertz CT molecular complexity index is 562. The van der Waals surface area contributed by atoms with Crippen LogP contribution in [0.2, 0.25) is 0 Å². The molecular formula is C14H17N3O2. The summed E-state index contributed by atoms with van der Waals surface area (Å²) >= 11 is 0. The van der Waals surface area contributed by atoms with Crippen LogP contribution in [-0.4, -0.2) is 27.0 Å². The lowest BCUT2D eigenvalue weighted by Crippen LogP contribution is -2.33. The molecule has 3 rings (SSSR count). The highest BCUT2D eigenvalue weighted by Crippen LogP contribution is 2.30. The fraction of sp³-hybridized carbons (Fsp3) is 0.429. The fourth-order valence-electron chi connectivity index (χ4n) is 2.33. The predicted octanol–water partition coefficient (Wildman–Crippen LogP) is 2.42. The van der Waals surface area contributed by atoms with Crippen LogP contribution >= 0.6 is 0 Å². The van der Waals surface area contributed by atoms with E-state index >= 15 is 0 Å². The molecule has 1 aliphatic rings. The lowest BCUT2D eigenvalue weighted by molar-refractivity contribution is 0.0716. The molecule has 1 amide bonds. The van der Waals surface area contributed by atoms with Crippen LogP contribution in [0.1, 0.15) is 40.3 Å². The Labute approximate surface area is 111 Å². The maximum absolute atomic E-state index is 12.7. The number of rotatable bonds is 4. The fourth-order valence-corrected chi connectivity index (χ4v) is 2.33. The molecule has 1 N–H and O–H groups in total. The minimum atomic E-state index is 0.0441. The van der Waals surface area contributed by atoms with Gasteiger partial charge < -0.3 is 9.32 Å². The summed E-state index contributed by atoms with van der Waals surface area (Å²) in [5, 5.41) is 6.97. The zero-order chi connectivity index (χ0) is 13.4. The van der Waals surface area contributed by atoms with Gasteiger partial charge in [-0.25, -0.2) is 0 Å². The second-order valence-electron chi connectivity index (χ2n) is 5.05. The van der Waals surface area contributed by atoms with Crippen molar-refractivity contribution in [1.82, 2.24) is 15.1 Å². The first-order valence-electron chi connectivity index (χ1n) is 6.51. The number of aryl methyl sites for hydroxylation is 2. The first-order valence-corrected chi connectivity index (χ1v) is 6.51. The first kappa shape index (κ1) is 12.0. The molecule has 0 aliphatic heterocycles. The molecular weight excluding hydrogens is 242 g/mol. The zero-order valence-electron chi connectivity index (χ0n) is 11.1. The van der Waals surface area contributed by atoms with Gasteiger partial charge in [0, 0.05) is 11.7 Å². The number of carbonyl (C=O) groups is 1. The Hall–Kier alpha value is -2.04. The van der Waals surface area contributed by atoms with E-state index in [0.717, 1.165) is 30.0 Å². The molecule has 5 nitrogen and oxygen atoms in total. The highest BCUT2D eigenvalue weighted by atomic mass is 16.3. The van der Waals surface area contributed by atoms with Gasteiger partial charge in [-0.05, 0) is 38.8 Å². The maximum Gasteiger partial charge on any atom is 0.258 e. The Morgan fingerprint density at radius 3 is 2.84 bits per heavy atom. The van der Waals surface area contributed by atoms with Crippen LogP contribution in [0.4, 0.5) is 0 Å². The van der Waals surface area contributed by atoms with E-state index in [9.17, 15) is 4.79 Å². The van der Waals surface area contributed by atoms with Crippen molar-refractivity contribution in [3.63, 3.8) is 0 Å². The van der Waals surface area contributed by atoms with Crippen LogP contribution in [0, 0.1) is 13.8 Å². The highest BCUT2D eigenvalue weighted by molar-refractivity contribution is 5.96. The van der Waals surface area contributed by atoms with E-state index < -0.39 is 0 Å². The summed E-state index contributed by atoms with van der Waals surface area (Å²) in [6.45, 7) is 4.26. The molecule has 100 valence electrons. The van der Waals surface area contributed by atoms with Crippen molar-refractivity contribution in [2.24, 2.45) is 0 Å². The normalized spacial score (nSPS) is 14.6. The van der Waals surface area contributed by atoms with Crippen molar-refractivity contribution in [3.05, 3.63) is 41.1 Å². The van der Waals surface area contributed by atoms with Gasteiger partial charge >= 0.3 is 0 Å². The molecule has 0 saturated heterocycles. The summed E-state index contributed by atoms with van der Waals surface area (Å²) in [7, 11) is 0. The van der Waals surface area contributed by atoms with Crippen LogP contribution in [0.5, 0.6) is 0 Å². The van der Waals surface area contributed by atoms with Crippen LogP contribution in [0.25, 0.3) is 0 Å². The summed E-state index contributed by atoms with van der Waals surface area (Å²) < 4.78 is 5.35. The zero-order valence-corrected chi connectivity index (χ0v) is 11.1. The van der Waals surface area contributed by atoms with E-state index in [4.69, 9.17) is 4.42 Å². The van der Waals surface area contributed by atoms with Crippen LogP contribution in [0.3, 0.4) is 0 Å². The number of hydrogen-bond acceptors (Lipinski definition) is 3. The molecule has 0 aromatic carbocycles. The summed E-state index contributed by atoms with van der Waals surface area (Å²) in [6.07, 6.45) is 3.78. The van der Waals surface area contributed by atoms with Crippen molar-refractivity contribution >= 4 is 5.91 Å². The molecule has 2 aromatic heterocycles. The SMILES string of the molecule is Cc1n[nH]c(C)c1C(=O)N(Cc1ccco1)C1CC1. The number of nitrogens with zero attached hydrogens (tertiary/aromatic N) is 2. The van der Waals surface area contributed by atoms with Gasteiger partial charge in [-0.2, -0.15) is 5.10 Å². The largest absolute Gasteiger partial charge is 0.467 e. The quantitative estimate of drug-likeness (QED) is 0.917. The van der Waals surface area contributed by atoms with Gasteiger partial charge in [0.25, 0.3) is 5.91 Å². The number of hydrogen-bond donors (Lipinski definition) is 1. The van der Waals surface area contributed by atoms with E-state index in [1.54, 1.807) is 6.26 Å². The Balaban J connectivity index is 1.86. The van der Waals surface area contributed by atoms with E-state index in [2.05, 4.69) is 10.2 Å². The molecule has 1 aliphatic carbocycles. The predicted molar refractivity (Wildman–Crippen MR) is 69.7 cm³/mol. The monoisotopic (exact) mass is 259 g/mol. The van der Waals surface area contributed by atoms with Crippen molar-refractivity contribution in [3.8, 4) is 0 Å². The summed E-state index contributed by atoms with van der Waals surface area (Å²) in [5.41, 5.74) is 2.28. The summed E-state index contributed by atoms with van der Waals surface area (Å²) in [6, 6.07) is 4.09. The Morgan fingerprint density at radius 1 is 1.53 bits per heavy atom. The average molecular weight is 259 g/mol. The Kier molecular flexibility index (Phi) is 2.89. The van der Waals surface area contributed by atoms with Crippen LogP contribution < -0.4 is 0 Å². The molecule has 19 heavy (non-hydrogen) atoms. The smallest absolute Gasteiger partial charge is 0.258 e. The summed E-state index contributed by atoms with van der Waals surface area (Å²) in [5.74, 6) is 0.863. The standard InChI is InChI=1S/C14H17N3O2/c1-9-13(10(2)16-15-9)14(18)17(11-5-6-11)8-12-4-3-7-19-12/h3-4,7,11H,5-6,8H2,1-2H3,(H,15,16). The molecule has 0 unspecified atom stereocenters. The molecule has 0 spiro atoms. The molecule has 0 atom stereocenters. The minimum Gasteiger partial charge on any atom is -0.467 e. The number of aromatic nitrogens is 2. The van der Waals surface area contributed by atoms with Crippen molar-refractivity contribution in [1.29, 1.82) is 0 Å². The third-order valence-electron chi connectivity index (χ3n) is 3.50. The minimum absolute atomic E-state index is 0.0441. The van der Waals surface area contributed by atoms with Crippen LogP contribution in [0.15, 0.2) is 22.8 Å². The van der Waals surface area contributed by atoms with E-state index in [0.29, 0.717) is 18.2 Å². The molecule has 0 radical (unpaired) electrons. The third-order valence-corrected chi connectivity index (χ3v) is 3.50. The van der Waals surface area contributed by atoms with Gasteiger partial charge in [0.05, 0.1) is 24.1 Å². The van der Waals surface area contributed by atoms with Gasteiger partial charge in [-0.3, -0.25) is 9.89 Å². The van der Waals surface area contributed by atoms with E-state index in [-0.39, 0.29) is 5.91 Å². The molecule has 0 bridgehead atoms. The van der Waals surface area contributed by atoms with Gasteiger partial charge in [-0.15, -0.1) is 0 Å².